The van der Waals surface area contributed by atoms with Gasteiger partial charge in [0.15, 0.2) is 12.4 Å². The van der Waals surface area contributed by atoms with E-state index in [0.717, 1.165) is 27.8 Å². The molecule has 4 aromatic rings. The Morgan fingerprint density at radius 2 is 1.59 bits per heavy atom. The maximum Gasteiger partial charge on any atom is 0.338 e. The quantitative estimate of drug-likeness (QED) is 0.160. The summed E-state index contributed by atoms with van der Waals surface area (Å²) in [7, 11) is 0. The van der Waals surface area contributed by atoms with Crippen LogP contribution < -0.4 is 4.90 Å². The van der Waals surface area contributed by atoms with Crippen LogP contribution in [-0.4, -0.2) is 40.4 Å². The summed E-state index contributed by atoms with van der Waals surface area (Å²) in [5.74, 6) is -1.86. The number of nitrogens with zero attached hydrogens (tertiary/aromatic N) is 3. The molecule has 0 N–H and O–H groups in total. The number of imide groups is 1. The Morgan fingerprint density at radius 1 is 0.927 bits per heavy atom. The zero-order chi connectivity index (χ0) is 28.9. The average molecular weight is 562 g/mol. The van der Waals surface area contributed by atoms with Crippen LogP contribution in [0.25, 0.3) is 11.1 Å². The average Bonchev–Trinajstić information content (AvgIpc) is 3.28. The SMILES string of the molecule is Cc1ccc(C#N)c(SC2CC(=O)N(c3ccc(C(=O)OCC(=O)c4ccc(-c5ccccc5)cc4)cc3)C2=O)n1. The van der Waals surface area contributed by atoms with Gasteiger partial charge in [-0.1, -0.05) is 66.4 Å². The molecule has 1 unspecified atom stereocenters. The van der Waals surface area contributed by atoms with E-state index in [1.54, 1.807) is 31.2 Å². The highest BCUT2D eigenvalue weighted by Gasteiger charge is 2.40. The molecule has 1 aliphatic rings. The van der Waals surface area contributed by atoms with Crippen molar-refractivity contribution in [3.63, 3.8) is 0 Å². The number of carbonyl (C=O) groups is 4. The molecule has 1 saturated heterocycles. The number of aromatic nitrogens is 1. The van der Waals surface area contributed by atoms with Crippen molar-refractivity contribution < 1.29 is 23.9 Å². The first-order chi connectivity index (χ1) is 19.8. The second-order valence-corrected chi connectivity index (χ2v) is 10.5. The monoisotopic (exact) mass is 561 g/mol. The molecule has 41 heavy (non-hydrogen) atoms. The first kappa shape index (κ1) is 27.5. The van der Waals surface area contributed by atoms with Gasteiger partial charge < -0.3 is 4.74 Å². The first-order valence-electron chi connectivity index (χ1n) is 12.7. The van der Waals surface area contributed by atoms with E-state index in [9.17, 15) is 24.4 Å². The number of amides is 2. The fourth-order valence-electron chi connectivity index (χ4n) is 4.33. The van der Waals surface area contributed by atoms with E-state index in [0.29, 0.717) is 27.5 Å². The lowest BCUT2D eigenvalue weighted by Crippen LogP contribution is -2.31. The van der Waals surface area contributed by atoms with E-state index in [2.05, 4.69) is 11.1 Å². The number of pyridine rings is 1. The van der Waals surface area contributed by atoms with E-state index in [-0.39, 0.29) is 17.8 Å². The number of benzene rings is 3. The highest BCUT2D eigenvalue weighted by molar-refractivity contribution is 8.00. The van der Waals surface area contributed by atoms with Crippen molar-refractivity contribution in [1.29, 1.82) is 5.26 Å². The van der Waals surface area contributed by atoms with Crippen LogP contribution in [0.15, 0.2) is 96.0 Å². The van der Waals surface area contributed by atoms with Crippen molar-refractivity contribution in [2.75, 3.05) is 11.5 Å². The predicted molar refractivity (Wildman–Crippen MR) is 153 cm³/mol. The molecule has 1 aliphatic heterocycles. The van der Waals surface area contributed by atoms with Gasteiger partial charge in [0.05, 0.1) is 22.1 Å². The van der Waals surface area contributed by atoms with Crippen molar-refractivity contribution in [2.24, 2.45) is 0 Å². The number of nitriles is 1. The molecular weight excluding hydrogens is 538 g/mol. The van der Waals surface area contributed by atoms with Crippen LogP contribution >= 0.6 is 11.8 Å². The van der Waals surface area contributed by atoms with Gasteiger partial charge in [0, 0.05) is 17.7 Å². The topological polar surface area (TPSA) is 117 Å². The molecule has 8 nitrogen and oxygen atoms in total. The Labute approximate surface area is 240 Å². The van der Waals surface area contributed by atoms with Crippen LogP contribution in [0, 0.1) is 18.3 Å². The third-order valence-electron chi connectivity index (χ3n) is 6.49. The molecule has 0 radical (unpaired) electrons. The number of rotatable bonds is 8. The van der Waals surface area contributed by atoms with Gasteiger partial charge in [0.1, 0.15) is 11.1 Å². The van der Waals surface area contributed by atoms with Crippen molar-refractivity contribution in [1.82, 2.24) is 4.98 Å². The summed E-state index contributed by atoms with van der Waals surface area (Å²) < 4.78 is 5.21. The molecule has 1 aromatic heterocycles. The number of hydrogen-bond donors (Lipinski definition) is 0. The van der Waals surface area contributed by atoms with Gasteiger partial charge in [0.25, 0.3) is 0 Å². The summed E-state index contributed by atoms with van der Waals surface area (Å²) in [6, 6.07) is 28.1. The molecule has 0 saturated carbocycles. The molecule has 0 aliphatic carbocycles. The lowest BCUT2D eigenvalue weighted by molar-refractivity contribution is -0.121. The van der Waals surface area contributed by atoms with Gasteiger partial charge in [-0.2, -0.15) is 5.26 Å². The van der Waals surface area contributed by atoms with Crippen molar-refractivity contribution in [3.8, 4) is 17.2 Å². The highest BCUT2D eigenvalue weighted by Crippen LogP contribution is 2.34. The van der Waals surface area contributed by atoms with Crippen LogP contribution in [0.2, 0.25) is 0 Å². The van der Waals surface area contributed by atoms with E-state index >= 15 is 0 Å². The molecule has 2 amide bonds. The Hall–Kier alpha value is -5.07. The lowest BCUT2D eigenvalue weighted by atomic mass is 10.0. The molecule has 3 aromatic carbocycles. The predicted octanol–water partition coefficient (Wildman–Crippen LogP) is 5.39. The Kier molecular flexibility index (Phi) is 8.04. The van der Waals surface area contributed by atoms with E-state index in [1.807, 2.05) is 42.5 Å². The maximum absolute atomic E-state index is 13.1. The second-order valence-electron chi connectivity index (χ2n) is 9.28. The van der Waals surface area contributed by atoms with Crippen molar-refractivity contribution >= 4 is 41.0 Å². The van der Waals surface area contributed by atoms with Crippen molar-refractivity contribution in [2.45, 2.75) is 23.6 Å². The Balaban J connectivity index is 1.19. The molecular formula is C32H23N3O5S. The van der Waals surface area contributed by atoms with Gasteiger partial charge in [-0.25, -0.2) is 14.7 Å². The summed E-state index contributed by atoms with van der Waals surface area (Å²) in [5, 5.41) is 9.04. The minimum Gasteiger partial charge on any atom is -0.454 e. The van der Waals surface area contributed by atoms with Crippen LogP contribution in [0.4, 0.5) is 5.69 Å². The minimum atomic E-state index is -0.721. The highest BCUT2D eigenvalue weighted by atomic mass is 32.2. The zero-order valence-electron chi connectivity index (χ0n) is 21.9. The number of hydrogen-bond acceptors (Lipinski definition) is 8. The second kappa shape index (κ2) is 12.0. The van der Waals surface area contributed by atoms with E-state index in [1.165, 1.54) is 24.3 Å². The normalized spacial score (nSPS) is 14.5. The van der Waals surface area contributed by atoms with Gasteiger partial charge >= 0.3 is 5.97 Å². The number of anilines is 1. The number of aryl methyl sites for hydroxylation is 1. The van der Waals surface area contributed by atoms with Gasteiger partial charge in [-0.05, 0) is 54.4 Å². The largest absolute Gasteiger partial charge is 0.454 e. The molecule has 202 valence electrons. The van der Waals surface area contributed by atoms with E-state index < -0.39 is 29.6 Å². The van der Waals surface area contributed by atoms with E-state index in [4.69, 9.17) is 4.74 Å². The molecule has 5 rings (SSSR count). The fraction of sp³-hybridized carbons (Fsp3) is 0.125. The number of carbonyl (C=O) groups excluding carboxylic acids is 4. The number of thioether (sulfide) groups is 1. The molecule has 0 bridgehead atoms. The first-order valence-corrected chi connectivity index (χ1v) is 13.6. The standard InChI is InChI=1S/C32H23N3O5S/c1-20-7-8-25(18-33)30(34-20)41-28-17-29(37)35(31(28)38)26-15-13-24(14-16-26)32(39)40-19-27(36)23-11-9-22(10-12-23)21-5-3-2-4-6-21/h2-16,28H,17,19H2,1H3. The molecule has 2 heterocycles. The Bertz CT molecular complexity index is 1680. The van der Waals surface area contributed by atoms with Gasteiger partial charge in [-0.3, -0.25) is 14.4 Å². The molecule has 9 heteroatoms. The van der Waals surface area contributed by atoms with Crippen LogP contribution in [-0.2, 0) is 14.3 Å². The number of esters is 1. The summed E-state index contributed by atoms with van der Waals surface area (Å²) in [5.41, 5.74) is 3.95. The van der Waals surface area contributed by atoms with Gasteiger partial charge in [-0.15, -0.1) is 0 Å². The third-order valence-corrected chi connectivity index (χ3v) is 7.68. The van der Waals surface area contributed by atoms with Crippen LogP contribution in [0.3, 0.4) is 0 Å². The molecule has 1 atom stereocenters. The summed E-state index contributed by atoms with van der Waals surface area (Å²) in [6.07, 6.45) is -0.0395. The number of Topliss-reactive ketones (excluding diaryl/α,β-unsaturated/α-hetero) is 1. The smallest absolute Gasteiger partial charge is 0.338 e. The van der Waals surface area contributed by atoms with Gasteiger partial charge in [0.2, 0.25) is 11.8 Å². The van der Waals surface area contributed by atoms with Crippen LogP contribution in [0.5, 0.6) is 0 Å². The van der Waals surface area contributed by atoms with Crippen molar-refractivity contribution in [3.05, 3.63) is 113 Å². The molecule has 0 spiro atoms. The zero-order valence-corrected chi connectivity index (χ0v) is 22.8. The summed E-state index contributed by atoms with van der Waals surface area (Å²) in [6.45, 7) is 1.36. The minimum absolute atomic E-state index is 0.0395. The number of ether oxygens (including phenoxy) is 1. The maximum atomic E-state index is 13.1. The fourth-order valence-corrected chi connectivity index (χ4v) is 5.47. The third kappa shape index (κ3) is 6.08. The summed E-state index contributed by atoms with van der Waals surface area (Å²) in [4.78, 5) is 56.3. The lowest BCUT2D eigenvalue weighted by Gasteiger charge is -2.15. The number of ketones is 1. The Morgan fingerprint density at radius 3 is 2.27 bits per heavy atom. The molecule has 1 fully saturated rings. The summed E-state index contributed by atoms with van der Waals surface area (Å²) >= 11 is 1.09. The van der Waals surface area contributed by atoms with Crippen LogP contribution in [0.1, 0.15) is 38.4 Å².